The highest BCUT2D eigenvalue weighted by atomic mass is 16.5. The Labute approximate surface area is 378 Å². The Hall–Kier alpha value is -8.46. The molecule has 2 nitrogen and oxygen atoms in total. The van der Waals surface area contributed by atoms with E-state index in [2.05, 4.69) is 254 Å². The average Bonchev–Trinajstić information content (AvgIpc) is 3.67. The molecule has 0 N–H and O–H groups in total. The van der Waals surface area contributed by atoms with Crippen LogP contribution < -0.4 is 9.64 Å². The number of para-hydroxylation sites is 2. The molecule has 0 saturated heterocycles. The smallest absolute Gasteiger partial charge is 0.140 e. The third-order valence-electron chi connectivity index (χ3n) is 13.7. The molecule has 0 saturated carbocycles. The maximum atomic E-state index is 7.21. The van der Waals surface area contributed by atoms with Crippen LogP contribution in [0.1, 0.15) is 22.3 Å². The SMILES string of the molecule is c1ccc(-c2ccc(N(c3ccccc3-c3ccccc3)c3ccccc3-c3ccc4c(c3)-c3ccccc3C43c4ccc5ccccc5c4Oc4c3ccc3ccccc43)cc2)cc1. The van der Waals surface area contributed by atoms with Gasteiger partial charge in [-0.05, 0) is 85.6 Å². The zero-order chi connectivity index (χ0) is 42.9. The molecule has 0 atom stereocenters. The summed E-state index contributed by atoms with van der Waals surface area (Å²) < 4.78 is 7.21. The molecule has 1 aliphatic heterocycles. The van der Waals surface area contributed by atoms with Crippen molar-refractivity contribution in [3.05, 3.63) is 271 Å². The fraction of sp³-hybridized carbons (Fsp3) is 0.0159. The molecule has 0 amide bonds. The number of fused-ring (bicyclic) bond motifs is 13. The van der Waals surface area contributed by atoms with E-state index in [1.165, 1.54) is 50.1 Å². The normalized spacial score (nSPS) is 12.9. The van der Waals surface area contributed by atoms with Crippen molar-refractivity contribution >= 4 is 38.6 Å². The molecule has 0 radical (unpaired) electrons. The third kappa shape index (κ3) is 5.67. The standard InChI is InChI=1S/C63H41NO/c1-3-17-42(18-4-1)43-31-36-48(37-32-43)64(59-29-15-12-23-49(59)44-19-5-2-6-20-44)60-30-16-13-24-50(60)47-35-38-56-54(41-47)53-27-11-14-28-55(53)63(56)57-39-33-45-21-7-9-25-51(45)61(57)65-62-52-26-10-8-22-46(52)34-40-58(62)63/h1-41H. The summed E-state index contributed by atoms with van der Waals surface area (Å²) in [5.74, 6) is 1.85. The molecule has 65 heavy (non-hydrogen) atoms. The summed E-state index contributed by atoms with van der Waals surface area (Å²) in [6.07, 6.45) is 0. The first-order chi connectivity index (χ1) is 32.3. The quantitative estimate of drug-likeness (QED) is 0.166. The second kappa shape index (κ2) is 14.8. The third-order valence-corrected chi connectivity index (χ3v) is 13.7. The van der Waals surface area contributed by atoms with Gasteiger partial charge in [-0.25, -0.2) is 0 Å². The van der Waals surface area contributed by atoms with Gasteiger partial charge in [0.2, 0.25) is 0 Å². The molecule has 1 spiro atoms. The second-order valence-corrected chi connectivity index (χ2v) is 17.1. The number of nitrogens with zero attached hydrogens (tertiary/aromatic N) is 1. The highest BCUT2D eigenvalue weighted by molar-refractivity contribution is 6.01. The summed E-state index contributed by atoms with van der Waals surface area (Å²) in [6, 6.07) is 90.6. The average molecular weight is 828 g/mol. The zero-order valence-electron chi connectivity index (χ0n) is 35.5. The molecule has 13 rings (SSSR count). The highest BCUT2D eigenvalue weighted by Gasteiger charge is 2.52. The molecule has 1 heterocycles. The van der Waals surface area contributed by atoms with E-state index in [4.69, 9.17) is 4.74 Å². The summed E-state index contributed by atoms with van der Waals surface area (Å²) in [5, 5.41) is 4.56. The minimum absolute atomic E-state index is 0.609. The van der Waals surface area contributed by atoms with Crippen LogP contribution in [0, 0.1) is 0 Å². The predicted molar refractivity (Wildman–Crippen MR) is 270 cm³/mol. The van der Waals surface area contributed by atoms with Gasteiger partial charge in [-0.15, -0.1) is 0 Å². The van der Waals surface area contributed by atoms with Gasteiger partial charge in [0, 0.05) is 38.7 Å². The first kappa shape index (κ1) is 37.1. The second-order valence-electron chi connectivity index (χ2n) is 17.1. The van der Waals surface area contributed by atoms with Crippen molar-refractivity contribution in [1.29, 1.82) is 0 Å². The van der Waals surface area contributed by atoms with Crippen molar-refractivity contribution < 1.29 is 4.74 Å². The van der Waals surface area contributed by atoms with Gasteiger partial charge in [0.1, 0.15) is 11.5 Å². The molecule has 304 valence electrons. The van der Waals surface area contributed by atoms with E-state index >= 15 is 0 Å². The van der Waals surface area contributed by atoms with Crippen molar-refractivity contribution in [3.63, 3.8) is 0 Å². The van der Waals surface area contributed by atoms with Crippen LogP contribution in [-0.2, 0) is 5.41 Å². The van der Waals surface area contributed by atoms with Crippen molar-refractivity contribution in [2.24, 2.45) is 0 Å². The number of rotatable bonds is 6. The molecule has 0 fully saturated rings. The zero-order valence-corrected chi connectivity index (χ0v) is 35.5. The summed E-state index contributed by atoms with van der Waals surface area (Å²) in [4.78, 5) is 2.44. The van der Waals surface area contributed by atoms with E-state index in [1.807, 2.05) is 0 Å². The Morgan fingerprint density at radius 2 is 0.738 bits per heavy atom. The predicted octanol–water partition coefficient (Wildman–Crippen LogP) is 16.9. The minimum Gasteiger partial charge on any atom is -0.455 e. The van der Waals surface area contributed by atoms with E-state index in [9.17, 15) is 0 Å². The fourth-order valence-electron chi connectivity index (χ4n) is 10.9. The van der Waals surface area contributed by atoms with Crippen LogP contribution in [0.5, 0.6) is 11.5 Å². The van der Waals surface area contributed by atoms with E-state index < -0.39 is 5.41 Å². The monoisotopic (exact) mass is 827 g/mol. The lowest BCUT2D eigenvalue weighted by molar-refractivity contribution is 0.447. The van der Waals surface area contributed by atoms with Crippen LogP contribution in [0.2, 0.25) is 0 Å². The van der Waals surface area contributed by atoms with Gasteiger partial charge in [-0.2, -0.15) is 0 Å². The van der Waals surface area contributed by atoms with Crippen LogP contribution in [0.25, 0.3) is 66.1 Å². The van der Waals surface area contributed by atoms with E-state index in [0.717, 1.165) is 66.8 Å². The van der Waals surface area contributed by atoms with Gasteiger partial charge >= 0.3 is 0 Å². The Morgan fingerprint density at radius 1 is 0.292 bits per heavy atom. The van der Waals surface area contributed by atoms with Crippen LogP contribution >= 0.6 is 0 Å². The first-order valence-corrected chi connectivity index (χ1v) is 22.4. The number of hydrogen-bond acceptors (Lipinski definition) is 2. The van der Waals surface area contributed by atoms with E-state index in [0.29, 0.717) is 0 Å². The highest BCUT2D eigenvalue weighted by Crippen LogP contribution is 2.64. The molecule has 0 unspecified atom stereocenters. The van der Waals surface area contributed by atoms with Crippen molar-refractivity contribution in [1.82, 2.24) is 0 Å². The van der Waals surface area contributed by atoms with Gasteiger partial charge < -0.3 is 9.64 Å². The van der Waals surface area contributed by atoms with Gasteiger partial charge in [-0.1, -0.05) is 218 Å². The number of anilines is 3. The largest absolute Gasteiger partial charge is 0.455 e. The molecule has 0 bridgehead atoms. The summed E-state index contributed by atoms with van der Waals surface area (Å²) >= 11 is 0. The van der Waals surface area contributed by atoms with Gasteiger partial charge in [0.25, 0.3) is 0 Å². The van der Waals surface area contributed by atoms with Crippen LogP contribution in [0.4, 0.5) is 17.1 Å². The first-order valence-electron chi connectivity index (χ1n) is 22.4. The minimum atomic E-state index is -0.609. The Balaban J connectivity index is 1.04. The topological polar surface area (TPSA) is 12.5 Å². The molecule has 2 aliphatic rings. The molecule has 0 aromatic heterocycles. The van der Waals surface area contributed by atoms with Gasteiger partial charge in [-0.3, -0.25) is 0 Å². The molecule has 11 aromatic carbocycles. The van der Waals surface area contributed by atoms with Crippen LogP contribution in [0.3, 0.4) is 0 Å². The van der Waals surface area contributed by atoms with Gasteiger partial charge in [0.15, 0.2) is 0 Å². The Morgan fingerprint density at radius 3 is 1.37 bits per heavy atom. The molecule has 2 heteroatoms. The fourth-order valence-corrected chi connectivity index (χ4v) is 10.9. The summed E-state index contributed by atoms with van der Waals surface area (Å²) in [5.41, 5.74) is 17.0. The van der Waals surface area contributed by atoms with Crippen LogP contribution in [0.15, 0.2) is 249 Å². The summed E-state index contributed by atoms with van der Waals surface area (Å²) in [7, 11) is 0. The molecule has 1 aliphatic carbocycles. The number of benzene rings is 11. The molecular weight excluding hydrogens is 787 g/mol. The Kier molecular flexibility index (Phi) is 8.47. The molecular formula is C63H41NO. The molecule has 11 aromatic rings. The lowest BCUT2D eigenvalue weighted by Gasteiger charge is -2.40. The number of hydrogen-bond donors (Lipinski definition) is 0. The van der Waals surface area contributed by atoms with E-state index in [-0.39, 0.29) is 0 Å². The van der Waals surface area contributed by atoms with Gasteiger partial charge in [0.05, 0.1) is 16.8 Å². The summed E-state index contributed by atoms with van der Waals surface area (Å²) in [6.45, 7) is 0. The lowest BCUT2D eigenvalue weighted by Crippen LogP contribution is -2.32. The van der Waals surface area contributed by atoms with Crippen molar-refractivity contribution in [2.75, 3.05) is 4.90 Å². The van der Waals surface area contributed by atoms with E-state index in [1.54, 1.807) is 0 Å². The lowest BCUT2D eigenvalue weighted by atomic mass is 9.65. The van der Waals surface area contributed by atoms with Crippen molar-refractivity contribution in [2.45, 2.75) is 5.41 Å². The van der Waals surface area contributed by atoms with Crippen molar-refractivity contribution in [3.8, 4) is 56.0 Å². The van der Waals surface area contributed by atoms with Crippen LogP contribution in [-0.4, -0.2) is 0 Å². The Bertz CT molecular complexity index is 3540. The maximum absolute atomic E-state index is 7.21. The number of ether oxygens (including phenoxy) is 1. The maximum Gasteiger partial charge on any atom is 0.140 e.